The molecule has 0 aromatic carbocycles. The summed E-state index contributed by atoms with van der Waals surface area (Å²) < 4.78 is 13.9. The Hall–Kier alpha value is -1.52. The van der Waals surface area contributed by atoms with Crippen LogP contribution in [0.15, 0.2) is 0 Å². The Morgan fingerprint density at radius 3 is 1.56 bits per heavy atom. The van der Waals surface area contributed by atoms with Gasteiger partial charge in [-0.25, -0.2) is 4.79 Å². The van der Waals surface area contributed by atoms with Crippen molar-refractivity contribution in [2.45, 2.75) is 18.4 Å². The van der Waals surface area contributed by atoms with E-state index in [9.17, 15) is 28.7 Å². The fourth-order valence-corrected chi connectivity index (χ4v) is 1.66. The Bertz CT molecular complexity index is 370. The molecule has 0 unspecified atom stereocenters. The van der Waals surface area contributed by atoms with E-state index in [2.05, 4.69) is 4.52 Å². The lowest BCUT2D eigenvalue weighted by Gasteiger charge is -2.38. The zero-order valence-electron chi connectivity index (χ0n) is 9.06. The van der Waals surface area contributed by atoms with Crippen LogP contribution >= 0.6 is 7.82 Å². The Labute approximate surface area is 99.8 Å². The third kappa shape index (κ3) is 6.27. The van der Waals surface area contributed by atoms with Crippen LogP contribution in [0.25, 0.3) is 0 Å². The van der Waals surface area contributed by atoms with Crippen LogP contribution in [-0.4, -0.2) is 38.8 Å². The molecule has 0 spiro atoms. The third-order valence-corrected chi connectivity index (χ3v) is 2.12. The van der Waals surface area contributed by atoms with Gasteiger partial charge in [-0.05, 0) is 0 Å². The standard InChI is InChI=1S/C6H9O10P.H3N/c7-3(8)1-6(5(11)12,2-4(9)10)16-17(13,14)15;/h1-2H2,(H,7,8)(H,9,10)(H,11,12)(H2,13,14,15);1H3/p-1. The summed E-state index contributed by atoms with van der Waals surface area (Å²) in [6, 6.07) is 0. The lowest BCUT2D eigenvalue weighted by molar-refractivity contribution is -0.348. The zero-order valence-corrected chi connectivity index (χ0v) is 9.96. The minimum absolute atomic E-state index is 0. The molecule has 0 rings (SSSR count). The van der Waals surface area contributed by atoms with E-state index < -0.39 is 44.2 Å². The average molecular weight is 288 g/mol. The molecule has 0 saturated heterocycles. The zero-order chi connectivity index (χ0) is 13.9. The number of rotatable bonds is 7. The van der Waals surface area contributed by atoms with E-state index in [1.165, 1.54) is 0 Å². The monoisotopic (exact) mass is 288 g/mol. The van der Waals surface area contributed by atoms with Crippen LogP contribution in [0.2, 0.25) is 0 Å². The summed E-state index contributed by atoms with van der Waals surface area (Å²) in [5.74, 6) is -5.83. The van der Waals surface area contributed by atoms with Crippen LogP contribution in [0.3, 0.4) is 0 Å². The van der Waals surface area contributed by atoms with Crippen molar-refractivity contribution in [3.05, 3.63) is 0 Å². The summed E-state index contributed by atoms with van der Waals surface area (Å²) in [6.07, 6.45) is -2.97. The van der Waals surface area contributed by atoms with Crippen LogP contribution < -0.4 is 15.9 Å². The summed E-state index contributed by atoms with van der Waals surface area (Å²) in [7, 11) is -5.86. The Morgan fingerprint density at radius 1 is 1.06 bits per heavy atom. The number of hydrogen-bond acceptors (Lipinski definition) is 7. The minimum Gasteiger partial charge on any atom is -0.790 e. The minimum atomic E-state index is -5.86. The molecule has 18 heavy (non-hydrogen) atoms. The normalized spacial score (nSPS) is 11.4. The highest BCUT2D eigenvalue weighted by Gasteiger charge is 2.45. The highest BCUT2D eigenvalue weighted by Crippen LogP contribution is 2.37. The molecule has 0 atom stereocenters. The SMILES string of the molecule is O=C(O)CC(CC(=O)O)(OP(=O)([O-])[O-])C(=O)O.[NH4+]. The molecule has 0 fully saturated rings. The maximum absolute atomic E-state index is 10.7. The van der Waals surface area contributed by atoms with Gasteiger partial charge < -0.3 is 40.3 Å². The largest absolute Gasteiger partial charge is 0.790 e. The van der Waals surface area contributed by atoms with Gasteiger partial charge in [-0.2, -0.15) is 0 Å². The van der Waals surface area contributed by atoms with Crippen molar-refractivity contribution in [2.75, 3.05) is 0 Å². The predicted octanol–water partition coefficient (Wildman–Crippen LogP) is -2.02. The van der Waals surface area contributed by atoms with Crippen LogP contribution in [0.1, 0.15) is 12.8 Å². The van der Waals surface area contributed by atoms with Gasteiger partial charge in [0.15, 0.2) is 5.60 Å². The van der Waals surface area contributed by atoms with Gasteiger partial charge in [0.05, 0.1) is 20.7 Å². The first-order chi connectivity index (χ1) is 7.48. The molecular formula is C6H11NO10P-. The van der Waals surface area contributed by atoms with Crippen molar-refractivity contribution < 1.29 is 48.6 Å². The summed E-state index contributed by atoms with van der Waals surface area (Å²) in [6.45, 7) is 0. The molecule has 0 aromatic heterocycles. The summed E-state index contributed by atoms with van der Waals surface area (Å²) in [5.41, 5.74) is -3.14. The first-order valence-corrected chi connectivity index (χ1v) is 5.34. The van der Waals surface area contributed by atoms with Gasteiger partial charge in [-0.3, -0.25) is 9.59 Å². The van der Waals surface area contributed by atoms with Crippen molar-refractivity contribution in [1.29, 1.82) is 0 Å². The van der Waals surface area contributed by atoms with Crippen molar-refractivity contribution in [1.82, 2.24) is 6.15 Å². The summed E-state index contributed by atoms with van der Waals surface area (Å²) >= 11 is 0. The van der Waals surface area contributed by atoms with Crippen LogP contribution in [0.5, 0.6) is 0 Å². The Balaban J connectivity index is 0. The Kier molecular flexibility index (Phi) is 6.72. The topological polar surface area (TPSA) is 221 Å². The maximum atomic E-state index is 10.7. The number of phosphoric acid groups is 1. The number of carbonyl (C=O) groups is 3. The molecule has 0 heterocycles. The van der Waals surface area contributed by atoms with E-state index in [0.717, 1.165) is 0 Å². The molecule has 0 saturated carbocycles. The quantitative estimate of drug-likeness (QED) is 0.376. The fourth-order valence-electron chi connectivity index (χ4n) is 1.02. The predicted molar refractivity (Wildman–Crippen MR) is 49.5 cm³/mol. The smallest absolute Gasteiger partial charge is 0.337 e. The average Bonchev–Trinajstić information content (AvgIpc) is 1.96. The molecule has 106 valence electrons. The molecule has 0 aliphatic heterocycles. The molecule has 0 radical (unpaired) electrons. The third-order valence-electron chi connectivity index (χ3n) is 1.55. The highest BCUT2D eigenvalue weighted by atomic mass is 31.2. The van der Waals surface area contributed by atoms with E-state index in [1.807, 2.05) is 0 Å². The van der Waals surface area contributed by atoms with Gasteiger partial charge in [-0.1, -0.05) is 0 Å². The van der Waals surface area contributed by atoms with E-state index in [-0.39, 0.29) is 6.15 Å². The number of hydrogen-bond donors (Lipinski definition) is 4. The van der Waals surface area contributed by atoms with E-state index in [4.69, 9.17) is 15.3 Å². The van der Waals surface area contributed by atoms with Gasteiger partial charge in [-0.15, -0.1) is 0 Å². The number of aliphatic carboxylic acids is 3. The second-order valence-electron chi connectivity index (χ2n) is 2.98. The van der Waals surface area contributed by atoms with Gasteiger partial charge in [0.25, 0.3) is 0 Å². The first-order valence-electron chi connectivity index (χ1n) is 3.88. The first kappa shape index (κ1) is 18.8. The van der Waals surface area contributed by atoms with Crippen molar-refractivity contribution in [3.8, 4) is 0 Å². The summed E-state index contributed by atoms with van der Waals surface area (Å²) in [5, 5.41) is 25.4. The second kappa shape index (κ2) is 6.42. The highest BCUT2D eigenvalue weighted by molar-refractivity contribution is 7.43. The lowest BCUT2D eigenvalue weighted by Crippen LogP contribution is -2.46. The van der Waals surface area contributed by atoms with Crippen molar-refractivity contribution >= 4 is 25.7 Å². The van der Waals surface area contributed by atoms with Crippen LogP contribution in [0, 0.1) is 0 Å². The molecule has 12 heteroatoms. The molecular weight excluding hydrogens is 277 g/mol. The molecule has 0 aromatic rings. The molecule has 0 amide bonds. The van der Waals surface area contributed by atoms with Gasteiger partial charge in [0.2, 0.25) is 0 Å². The van der Waals surface area contributed by atoms with Crippen LogP contribution in [-0.2, 0) is 23.5 Å². The molecule has 11 nitrogen and oxygen atoms in total. The number of phosphoric ester groups is 1. The molecule has 7 N–H and O–H groups in total. The van der Waals surface area contributed by atoms with Crippen LogP contribution in [0.4, 0.5) is 0 Å². The number of carboxylic acids is 3. The van der Waals surface area contributed by atoms with Gasteiger partial charge in [0, 0.05) is 0 Å². The Morgan fingerprint density at radius 2 is 1.39 bits per heavy atom. The second-order valence-corrected chi connectivity index (χ2v) is 4.06. The molecule has 0 aliphatic rings. The number of carboxylic acid groups (broad SMARTS) is 3. The summed E-state index contributed by atoms with van der Waals surface area (Å²) in [4.78, 5) is 52.1. The van der Waals surface area contributed by atoms with E-state index >= 15 is 0 Å². The maximum Gasteiger partial charge on any atom is 0.337 e. The van der Waals surface area contributed by atoms with Gasteiger partial charge in [0.1, 0.15) is 0 Å². The van der Waals surface area contributed by atoms with Crippen molar-refractivity contribution in [3.63, 3.8) is 0 Å². The number of quaternary nitrogens is 1. The van der Waals surface area contributed by atoms with Crippen molar-refractivity contribution in [2.24, 2.45) is 0 Å². The van der Waals surface area contributed by atoms with E-state index in [0.29, 0.717) is 0 Å². The lowest BCUT2D eigenvalue weighted by atomic mass is 9.96. The fraction of sp³-hybridized carbons (Fsp3) is 0.500. The molecule has 0 aliphatic carbocycles. The van der Waals surface area contributed by atoms with E-state index in [1.54, 1.807) is 0 Å². The van der Waals surface area contributed by atoms with Gasteiger partial charge >= 0.3 is 17.9 Å². The molecule has 0 bridgehead atoms.